The zero-order valence-corrected chi connectivity index (χ0v) is 8.24. The molecule has 2 heteroatoms. The molecule has 1 unspecified atom stereocenters. The van der Waals surface area contributed by atoms with E-state index in [1.165, 1.54) is 17.5 Å². The minimum atomic E-state index is 0.124. The van der Waals surface area contributed by atoms with Crippen LogP contribution < -0.4 is 0 Å². The summed E-state index contributed by atoms with van der Waals surface area (Å²) in [7, 11) is 0. The highest BCUT2D eigenvalue weighted by molar-refractivity contribution is 5.38. The Morgan fingerprint density at radius 2 is 2.36 bits per heavy atom. The van der Waals surface area contributed by atoms with Crippen LogP contribution >= 0.6 is 0 Å². The lowest BCUT2D eigenvalue weighted by molar-refractivity contribution is 0.281. The molecular formula is C12H15NO. The largest absolute Gasteiger partial charge is 0.392 e. The van der Waals surface area contributed by atoms with Crippen LogP contribution in [0.25, 0.3) is 0 Å². The third kappa shape index (κ3) is 1.58. The van der Waals surface area contributed by atoms with Crippen molar-refractivity contribution in [3.8, 4) is 0 Å². The fourth-order valence-corrected chi connectivity index (χ4v) is 2.13. The molecule has 14 heavy (non-hydrogen) atoms. The van der Waals surface area contributed by atoms with E-state index in [1.54, 1.807) is 0 Å². The second-order valence-corrected chi connectivity index (χ2v) is 3.78. The van der Waals surface area contributed by atoms with E-state index in [2.05, 4.69) is 23.8 Å². The Balaban J connectivity index is 2.40. The monoisotopic (exact) mass is 189 g/mol. The summed E-state index contributed by atoms with van der Waals surface area (Å²) < 4.78 is 0. The van der Waals surface area contributed by atoms with Crippen molar-refractivity contribution in [3.63, 3.8) is 0 Å². The molecule has 1 aromatic rings. The molecule has 2 rings (SSSR count). The van der Waals surface area contributed by atoms with E-state index < -0.39 is 0 Å². The molecule has 1 aliphatic rings. The fourth-order valence-electron chi connectivity index (χ4n) is 2.13. The van der Waals surface area contributed by atoms with Gasteiger partial charge in [-0.3, -0.25) is 4.99 Å². The molecule has 74 valence electrons. The lowest BCUT2D eigenvalue weighted by Crippen LogP contribution is -2.08. The highest BCUT2D eigenvalue weighted by Crippen LogP contribution is 2.32. The normalized spacial score (nSPS) is 20.2. The minimum Gasteiger partial charge on any atom is -0.392 e. The van der Waals surface area contributed by atoms with Crippen molar-refractivity contribution in [2.24, 2.45) is 4.99 Å². The van der Waals surface area contributed by atoms with Crippen LogP contribution in [0, 0.1) is 0 Å². The van der Waals surface area contributed by atoms with E-state index in [0.29, 0.717) is 0 Å². The summed E-state index contributed by atoms with van der Waals surface area (Å²) in [5.74, 6) is 0. The summed E-state index contributed by atoms with van der Waals surface area (Å²) in [4.78, 5) is 4.13. The maximum atomic E-state index is 9.03. The summed E-state index contributed by atoms with van der Waals surface area (Å²) in [6.45, 7) is 3.75. The minimum absolute atomic E-state index is 0.124. The molecule has 0 heterocycles. The number of rotatable bonds is 2. The average Bonchev–Trinajstić information content (AvgIpc) is 2.27. The van der Waals surface area contributed by atoms with Gasteiger partial charge in [-0.2, -0.15) is 0 Å². The first-order chi connectivity index (χ1) is 6.85. The van der Waals surface area contributed by atoms with Gasteiger partial charge in [-0.15, -0.1) is 0 Å². The van der Waals surface area contributed by atoms with Gasteiger partial charge in [0, 0.05) is 0 Å². The molecule has 0 fully saturated rings. The Morgan fingerprint density at radius 1 is 1.50 bits per heavy atom. The van der Waals surface area contributed by atoms with Crippen molar-refractivity contribution in [1.82, 2.24) is 0 Å². The summed E-state index contributed by atoms with van der Waals surface area (Å²) in [6, 6.07) is 6.42. The van der Waals surface area contributed by atoms with Gasteiger partial charge >= 0.3 is 0 Å². The molecule has 1 N–H and O–H groups in total. The Labute approximate surface area is 84.3 Å². The number of hydrogen-bond donors (Lipinski definition) is 1. The topological polar surface area (TPSA) is 32.6 Å². The lowest BCUT2D eigenvalue weighted by Gasteiger charge is -2.22. The maximum absolute atomic E-state index is 9.03. The standard InChI is InChI=1S/C12H15NO/c1-13-12-4-2-3-10-7-9(8-14)5-6-11(10)12/h5-7,12,14H,1-4,8H2. The highest BCUT2D eigenvalue weighted by Gasteiger charge is 2.18. The fraction of sp³-hybridized carbons (Fsp3) is 0.417. The third-order valence-corrected chi connectivity index (χ3v) is 2.89. The predicted octanol–water partition coefficient (Wildman–Crippen LogP) is 2.26. The van der Waals surface area contributed by atoms with Gasteiger partial charge in [0.1, 0.15) is 0 Å². The SMILES string of the molecule is C=NC1CCCc2cc(CO)ccc21. The molecular weight excluding hydrogens is 174 g/mol. The summed E-state index contributed by atoms with van der Waals surface area (Å²) >= 11 is 0. The van der Waals surface area contributed by atoms with E-state index >= 15 is 0 Å². The summed E-state index contributed by atoms with van der Waals surface area (Å²) in [5.41, 5.74) is 3.62. The van der Waals surface area contributed by atoms with Crippen LogP contribution in [-0.4, -0.2) is 11.8 Å². The number of benzene rings is 1. The Morgan fingerprint density at radius 3 is 3.07 bits per heavy atom. The Bertz CT molecular complexity index is 346. The predicted molar refractivity (Wildman–Crippen MR) is 57.6 cm³/mol. The number of aliphatic imine (C=N–C) groups is 1. The molecule has 0 aromatic heterocycles. The van der Waals surface area contributed by atoms with Crippen LogP contribution in [0.5, 0.6) is 0 Å². The molecule has 0 aliphatic heterocycles. The molecule has 0 spiro atoms. The molecule has 0 amide bonds. The van der Waals surface area contributed by atoms with E-state index in [0.717, 1.165) is 18.4 Å². The van der Waals surface area contributed by atoms with Gasteiger partial charge in [-0.1, -0.05) is 18.2 Å². The number of nitrogens with zero attached hydrogens (tertiary/aromatic N) is 1. The Hall–Kier alpha value is -1.15. The van der Waals surface area contributed by atoms with Crippen molar-refractivity contribution < 1.29 is 5.11 Å². The molecule has 1 atom stereocenters. The van der Waals surface area contributed by atoms with Crippen LogP contribution in [0.15, 0.2) is 23.2 Å². The van der Waals surface area contributed by atoms with Crippen LogP contribution in [0.2, 0.25) is 0 Å². The molecule has 0 saturated carbocycles. The van der Waals surface area contributed by atoms with Crippen LogP contribution in [0.4, 0.5) is 0 Å². The summed E-state index contributed by atoms with van der Waals surface area (Å²) in [5, 5.41) is 9.03. The zero-order chi connectivity index (χ0) is 9.97. The summed E-state index contributed by atoms with van der Waals surface area (Å²) in [6.07, 6.45) is 3.38. The van der Waals surface area contributed by atoms with Gasteiger partial charge in [0.25, 0.3) is 0 Å². The van der Waals surface area contributed by atoms with Crippen molar-refractivity contribution >= 4 is 6.72 Å². The number of aryl methyl sites for hydroxylation is 1. The average molecular weight is 189 g/mol. The van der Waals surface area contributed by atoms with Crippen molar-refractivity contribution in [2.75, 3.05) is 0 Å². The van der Waals surface area contributed by atoms with Gasteiger partial charge in [0.05, 0.1) is 12.6 Å². The second kappa shape index (κ2) is 3.93. The third-order valence-electron chi connectivity index (χ3n) is 2.89. The van der Waals surface area contributed by atoms with E-state index in [1.807, 2.05) is 6.07 Å². The first-order valence-electron chi connectivity index (χ1n) is 5.03. The van der Waals surface area contributed by atoms with Crippen molar-refractivity contribution in [2.45, 2.75) is 31.9 Å². The number of hydrogen-bond acceptors (Lipinski definition) is 2. The first kappa shape index (κ1) is 9.41. The molecule has 2 nitrogen and oxygen atoms in total. The van der Waals surface area contributed by atoms with Crippen LogP contribution in [0.1, 0.15) is 35.6 Å². The van der Waals surface area contributed by atoms with Crippen molar-refractivity contribution in [3.05, 3.63) is 34.9 Å². The molecule has 1 aromatic carbocycles. The first-order valence-corrected chi connectivity index (χ1v) is 5.03. The van der Waals surface area contributed by atoms with Crippen LogP contribution in [-0.2, 0) is 13.0 Å². The number of fused-ring (bicyclic) bond motifs is 1. The molecule has 0 saturated heterocycles. The van der Waals surface area contributed by atoms with Crippen LogP contribution in [0.3, 0.4) is 0 Å². The molecule has 1 aliphatic carbocycles. The van der Waals surface area contributed by atoms with E-state index in [4.69, 9.17) is 5.11 Å². The number of aliphatic hydroxyl groups is 1. The molecule has 0 radical (unpaired) electrons. The van der Waals surface area contributed by atoms with E-state index in [9.17, 15) is 0 Å². The van der Waals surface area contributed by atoms with Gasteiger partial charge in [0.2, 0.25) is 0 Å². The lowest BCUT2D eigenvalue weighted by atomic mass is 9.87. The van der Waals surface area contributed by atoms with Crippen molar-refractivity contribution in [1.29, 1.82) is 0 Å². The zero-order valence-electron chi connectivity index (χ0n) is 8.24. The van der Waals surface area contributed by atoms with Gasteiger partial charge < -0.3 is 5.11 Å². The molecule has 0 bridgehead atoms. The van der Waals surface area contributed by atoms with E-state index in [-0.39, 0.29) is 12.6 Å². The maximum Gasteiger partial charge on any atom is 0.0744 e. The highest BCUT2D eigenvalue weighted by atomic mass is 16.3. The smallest absolute Gasteiger partial charge is 0.0744 e. The van der Waals surface area contributed by atoms with Gasteiger partial charge in [-0.05, 0) is 42.7 Å². The van der Waals surface area contributed by atoms with Gasteiger partial charge in [0.15, 0.2) is 0 Å². The number of aliphatic hydroxyl groups excluding tert-OH is 1. The Kier molecular flexibility index (Phi) is 2.64. The quantitative estimate of drug-likeness (QED) is 0.711. The second-order valence-electron chi connectivity index (χ2n) is 3.78. The van der Waals surface area contributed by atoms with Gasteiger partial charge in [-0.25, -0.2) is 0 Å².